The molecule has 0 amide bonds. The number of aliphatic hydroxyl groups excluding tert-OH is 1. The lowest BCUT2D eigenvalue weighted by Crippen LogP contribution is -2.02. The lowest BCUT2D eigenvalue weighted by atomic mass is 10.00. The summed E-state index contributed by atoms with van der Waals surface area (Å²) in [5, 5.41) is 7.00. The Bertz CT molecular complexity index is 72.9. The maximum atomic E-state index is 10.5. The van der Waals surface area contributed by atoms with Crippen molar-refractivity contribution in [2.24, 2.45) is 0 Å². The van der Waals surface area contributed by atoms with E-state index in [1.807, 2.05) is 0 Å². The minimum absolute atomic E-state index is 0. The van der Waals surface area contributed by atoms with Crippen molar-refractivity contribution in [1.29, 1.82) is 0 Å². The molecule has 1 fully saturated rings. The van der Waals surface area contributed by atoms with Crippen LogP contribution in [0.1, 0.15) is 32.1 Å². The Morgan fingerprint density at radius 2 is 1.50 bits per heavy atom. The average Bonchev–Trinajstić information content (AvgIpc) is 1.94. The Hall–Kier alpha value is -0.410. The molecule has 0 bridgehead atoms. The molecule has 1 rings (SSSR count). The first-order valence-electron chi connectivity index (χ1n) is 3.36. The molecule has 3 nitrogen and oxygen atoms in total. The quantitative estimate of drug-likeness (QED) is 0.537. The first-order valence-corrected chi connectivity index (χ1v) is 3.36. The monoisotopic (exact) mass is 148 g/mol. The van der Waals surface area contributed by atoms with E-state index in [0.29, 0.717) is 5.78 Å². The molecule has 3 N–H and O–H groups in total. The molecule has 0 atom stereocenters. The van der Waals surface area contributed by atoms with E-state index >= 15 is 0 Å². The summed E-state index contributed by atoms with van der Waals surface area (Å²) in [6, 6.07) is 0. The van der Waals surface area contributed by atoms with Crippen molar-refractivity contribution in [3.8, 4) is 0 Å². The van der Waals surface area contributed by atoms with E-state index in [0.717, 1.165) is 32.8 Å². The lowest BCUT2D eigenvalue weighted by Gasteiger charge is -2.05. The fourth-order valence-corrected chi connectivity index (χ4v) is 0.946. The number of hydrogen-bond acceptors (Lipinski definition) is 2. The van der Waals surface area contributed by atoms with E-state index in [4.69, 9.17) is 5.11 Å². The van der Waals surface area contributed by atoms with Crippen molar-refractivity contribution in [3.63, 3.8) is 0 Å². The Morgan fingerprint density at radius 1 is 1.10 bits per heavy atom. The van der Waals surface area contributed by atoms with Crippen LogP contribution in [0.3, 0.4) is 0 Å². The third kappa shape index (κ3) is 5.72. The Kier molecular flexibility index (Phi) is 10.6. The maximum Gasteiger partial charge on any atom is 0.132 e. The normalized spacial score (nSPS) is 16.4. The summed E-state index contributed by atoms with van der Waals surface area (Å²) in [5.74, 6) is 0.464. The molecule has 0 aromatic rings. The van der Waals surface area contributed by atoms with E-state index in [1.54, 1.807) is 0 Å². The molecule has 0 spiro atoms. The second-order valence-corrected chi connectivity index (χ2v) is 2.10. The standard InChI is InChI=1S/C6H10O.CH4O.H2O/c7-6-4-2-1-3-5-6;1-2;/h1-5H2;2H,1H3;1H2. The number of ketones is 1. The van der Waals surface area contributed by atoms with Gasteiger partial charge in [0.2, 0.25) is 0 Å². The van der Waals surface area contributed by atoms with Crippen LogP contribution in [0, 0.1) is 0 Å². The molecule has 0 radical (unpaired) electrons. The average molecular weight is 148 g/mol. The molecule has 1 aliphatic carbocycles. The Morgan fingerprint density at radius 3 is 1.70 bits per heavy atom. The van der Waals surface area contributed by atoms with Crippen LogP contribution >= 0.6 is 0 Å². The van der Waals surface area contributed by atoms with E-state index in [1.165, 1.54) is 6.42 Å². The van der Waals surface area contributed by atoms with Crippen molar-refractivity contribution < 1.29 is 15.4 Å². The number of carbonyl (C=O) groups is 1. The SMILES string of the molecule is CO.O.O=C1CCCCC1. The molecule has 0 saturated heterocycles. The van der Waals surface area contributed by atoms with Gasteiger partial charge in [0.25, 0.3) is 0 Å². The summed E-state index contributed by atoms with van der Waals surface area (Å²) in [6.07, 6.45) is 5.24. The summed E-state index contributed by atoms with van der Waals surface area (Å²) in [4.78, 5) is 10.5. The fourth-order valence-electron chi connectivity index (χ4n) is 0.946. The number of hydrogen-bond donors (Lipinski definition) is 1. The molecule has 0 aromatic heterocycles. The third-order valence-electron chi connectivity index (χ3n) is 1.41. The van der Waals surface area contributed by atoms with E-state index in [9.17, 15) is 4.79 Å². The molecule has 0 aliphatic heterocycles. The van der Waals surface area contributed by atoms with Gasteiger partial charge in [-0.1, -0.05) is 6.42 Å². The van der Waals surface area contributed by atoms with Gasteiger partial charge in [-0.15, -0.1) is 0 Å². The molecular weight excluding hydrogens is 132 g/mol. The summed E-state index contributed by atoms with van der Waals surface area (Å²) < 4.78 is 0. The van der Waals surface area contributed by atoms with Crippen LogP contribution in [-0.4, -0.2) is 23.5 Å². The van der Waals surface area contributed by atoms with Gasteiger partial charge in [-0.3, -0.25) is 4.79 Å². The number of Topliss-reactive ketones (excluding diaryl/α,β-unsaturated/α-hetero) is 1. The van der Waals surface area contributed by atoms with Crippen molar-refractivity contribution in [3.05, 3.63) is 0 Å². The lowest BCUT2D eigenvalue weighted by molar-refractivity contribution is -0.120. The molecule has 0 heterocycles. The summed E-state index contributed by atoms with van der Waals surface area (Å²) in [5.41, 5.74) is 0. The minimum atomic E-state index is 0. The van der Waals surface area contributed by atoms with E-state index in [-0.39, 0.29) is 5.48 Å². The smallest absolute Gasteiger partial charge is 0.132 e. The van der Waals surface area contributed by atoms with Crippen LogP contribution in [0.4, 0.5) is 0 Å². The zero-order valence-corrected chi connectivity index (χ0v) is 6.39. The van der Waals surface area contributed by atoms with Crippen LogP contribution < -0.4 is 0 Å². The molecule has 0 aromatic carbocycles. The van der Waals surface area contributed by atoms with Gasteiger partial charge < -0.3 is 10.6 Å². The summed E-state index contributed by atoms with van der Waals surface area (Å²) in [7, 11) is 1.00. The van der Waals surface area contributed by atoms with Crippen LogP contribution in [0.2, 0.25) is 0 Å². The first kappa shape index (κ1) is 12.3. The van der Waals surface area contributed by atoms with Crippen molar-refractivity contribution in [1.82, 2.24) is 0 Å². The topological polar surface area (TPSA) is 68.8 Å². The van der Waals surface area contributed by atoms with Crippen molar-refractivity contribution in [2.75, 3.05) is 7.11 Å². The minimum Gasteiger partial charge on any atom is -0.412 e. The highest BCUT2D eigenvalue weighted by molar-refractivity contribution is 5.78. The predicted octanol–water partition coefficient (Wildman–Crippen LogP) is 0.303. The molecule has 1 saturated carbocycles. The summed E-state index contributed by atoms with van der Waals surface area (Å²) >= 11 is 0. The van der Waals surface area contributed by atoms with Gasteiger partial charge >= 0.3 is 0 Å². The van der Waals surface area contributed by atoms with E-state index in [2.05, 4.69) is 0 Å². The summed E-state index contributed by atoms with van der Waals surface area (Å²) in [6.45, 7) is 0. The van der Waals surface area contributed by atoms with Gasteiger partial charge in [0.05, 0.1) is 0 Å². The molecule has 10 heavy (non-hydrogen) atoms. The predicted molar refractivity (Wildman–Crippen MR) is 39.8 cm³/mol. The first-order chi connectivity index (χ1) is 4.39. The van der Waals surface area contributed by atoms with Crippen LogP contribution in [-0.2, 0) is 4.79 Å². The molecular formula is C7H16O3. The second-order valence-electron chi connectivity index (χ2n) is 2.10. The maximum absolute atomic E-state index is 10.5. The largest absolute Gasteiger partial charge is 0.412 e. The van der Waals surface area contributed by atoms with Gasteiger partial charge in [-0.05, 0) is 12.8 Å². The van der Waals surface area contributed by atoms with E-state index < -0.39 is 0 Å². The molecule has 1 aliphatic rings. The van der Waals surface area contributed by atoms with Crippen LogP contribution in [0.5, 0.6) is 0 Å². The molecule has 62 valence electrons. The van der Waals surface area contributed by atoms with Crippen molar-refractivity contribution >= 4 is 5.78 Å². The highest BCUT2D eigenvalue weighted by Gasteiger charge is 2.05. The van der Waals surface area contributed by atoms with Gasteiger partial charge in [0.15, 0.2) is 0 Å². The van der Waals surface area contributed by atoms with Crippen LogP contribution in [0.25, 0.3) is 0 Å². The van der Waals surface area contributed by atoms with Gasteiger partial charge in [-0.2, -0.15) is 0 Å². The van der Waals surface area contributed by atoms with Crippen molar-refractivity contribution in [2.45, 2.75) is 32.1 Å². The Balaban J connectivity index is 0. The highest BCUT2D eigenvalue weighted by atomic mass is 16.2. The fraction of sp³-hybridized carbons (Fsp3) is 0.857. The zero-order chi connectivity index (χ0) is 7.11. The second kappa shape index (κ2) is 8.59. The highest BCUT2D eigenvalue weighted by Crippen LogP contribution is 2.12. The number of rotatable bonds is 0. The molecule has 3 heteroatoms. The Labute approximate surface area is 61.4 Å². The van der Waals surface area contributed by atoms with Gasteiger partial charge in [0.1, 0.15) is 5.78 Å². The van der Waals surface area contributed by atoms with Gasteiger partial charge in [0, 0.05) is 20.0 Å². The molecule has 0 unspecified atom stereocenters. The van der Waals surface area contributed by atoms with Crippen LogP contribution in [0.15, 0.2) is 0 Å². The third-order valence-corrected chi connectivity index (χ3v) is 1.41. The number of aliphatic hydroxyl groups is 1. The number of carbonyl (C=O) groups excluding carboxylic acids is 1. The van der Waals surface area contributed by atoms with Gasteiger partial charge in [-0.25, -0.2) is 0 Å². The zero-order valence-electron chi connectivity index (χ0n) is 6.39.